The van der Waals surface area contributed by atoms with E-state index in [0.717, 1.165) is 16.7 Å². The first-order valence-electron chi connectivity index (χ1n) is 4.38. The predicted octanol–water partition coefficient (Wildman–Crippen LogP) is 2.83. The van der Waals surface area contributed by atoms with Crippen LogP contribution < -0.4 is 4.90 Å². The van der Waals surface area contributed by atoms with Crippen LogP contribution in [0.25, 0.3) is 0 Å². The van der Waals surface area contributed by atoms with Crippen LogP contribution in [0, 0.1) is 3.57 Å². The van der Waals surface area contributed by atoms with Gasteiger partial charge in [0, 0.05) is 26.7 Å². The molecule has 0 saturated carbocycles. The van der Waals surface area contributed by atoms with Crippen LogP contribution in [-0.4, -0.2) is 18.9 Å². The second kappa shape index (κ2) is 4.18. The number of nitrogens with zero attached hydrogens (tertiary/aromatic N) is 1. The van der Waals surface area contributed by atoms with Crippen LogP contribution in [0.1, 0.15) is 6.42 Å². The largest absolute Gasteiger partial charge is 0.364 e. The SMILES string of the molecule is O=C1CCN(c2ccc(Br)c(I)c2)C1. The van der Waals surface area contributed by atoms with E-state index in [1.165, 1.54) is 3.57 Å². The van der Waals surface area contributed by atoms with E-state index in [1.807, 2.05) is 12.1 Å². The fourth-order valence-corrected chi connectivity index (χ4v) is 2.28. The fourth-order valence-electron chi connectivity index (χ4n) is 1.53. The van der Waals surface area contributed by atoms with Gasteiger partial charge in [0.1, 0.15) is 0 Å². The topological polar surface area (TPSA) is 20.3 Å². The highest BCUT2D eigenvalue weighted by molar-refractivity contribution is 14.1. The molecule has 14 heavy (non-hydrogen) atoms. The maximum atomic E-state index is 11.1. The van der Waals surface area contributed by atoms with Crippen LogP contribution in [0.4, 0.5) is 5.69 Å². The molecule has 1 aromatic rings. The molecule has 2 rings (SSSR count). The normalized spacial score (nSPS) is 16.4. The zero-order valence-corrected chi connectivity index (χ0v) is 11.2. The summed E-state index contributed by atoms with van der Waals surface area (Å²) in [5.41, 5.74) is 1.14. The fraction of sp³-hybridized carbons (Fsp3) is 0.300. The quantitative estimate of drug-likeness (QED) is 0.713. The highest BCUT2D eigenvalue weighted by Crippen LogP contribution is 2.26. The molecule has 0 atom stereocenters. The lowest BCUT2D eigenvalue weighted by Crippen LogP contribution is -2.19. The van der Waals surface area contributed by atoms with Crippen LogP contribution >= 0.6 is 38.5 Å². The van der Waals surface area contributed by atoms with Crippen LogP contribution in [0.2, 0.25) is 0 Å². The summed E-state index contributed by atoms with van der Waals surface area (Å²) in [6.07, 6.45) is 0.687. The number of carbonyl (C=O) groups is 1. The molecule has 1 heterocycles. The van der Waals surface area contributed by atoms with E-state index in [4.69, 9.17) is 0 Å². The number of rotatable bonds is 1. The molecule has 0 N–H and O–H groups in total. The van der Waals surface area contributed by atoms with Crippen LogP contribution in [0.3, 0.4) is 0 Å². The predicted molar refractivity (Wildman–Crippen MR) is 68.7 cm³/mol. The Morgan fingerprint density at radius 1 is 1.43 bits per heavy atom. The number of hydrogen-bond acceptors (Lipinski definition) is 2. The van der Waals surface area contributed by atoms with Crippen molar-refractivity contribution >= 4 is 50.0 Å². The van der Waals surface area contributed by atoms with E-state index in [9.17, 15) is 4.79 Å². The van der Waals surface area contributed by atoms with Gasteiger partial charge >= 0.3 is 0 Å². The summed E-state index contributed by atoms with van der Waals surface area (Å²) in [4.78, 5) is 13.2. The lowest BCUT2D eigenvalue weighted by Gasteiger charge is -2.16. The van der Waals surface area contributed by atoms with Gasteiger partial charge in [0.15, 0.2) is 5.78 Å². The maximum Gasteiger partial charge on any atom is 0.153 e. The number of anilines is 1. The molecule has 0 amide bonds. The minimum Gasteiger partial charge on any atom is -0.364 e. The summed E-state index contributed by atoms with van der Waals surface area (Å²) in [6.45, 7) is 1.42. The Bertz CT molecular complexity index is 380. The molecule has 1 aromatic carbocycles. The first kappa shape index (κ1) is 10.4. The van der Waals surface area contributed by atoms with E-state index in [0.29, 0.717) is 18.7 Å². The van der Waals surface area contributed by atoms with Gasteiger partial charge in [-0.2, -0.15) is 0 Å². The zero-order chi connectivity index (χ0) is 10.1. The van der Waals surface area contributed by atoms with Gasteiger partial charge in [-0.25, -0.2) is 0 Å². The minimum atomic E-state index is 0.336. The number of halogens is 2. The van der Waals surface area contributed by atoms with Crippen molar-refractivity contribution in [3.8, 4) is 0 Å². The van der Waals surface area contributed by atoms with Crippen molar-refractivity contribution in [2.24, 2.45) is 0 Å². The van der Waals surface area contributed by atoms with Crippen molar-refractivity contribution in [3.63, 3.8) is 0 Å². The summed E-state index contributed by atoms with van der Waals surface area (Å²) in [5.74, 6) is 0.336. The molecule has 0 spiro atoms. The highest BCUT2D eigenvalue weighted by Gasteiger charge is 2.19. The number of benzene rings is 1. The van der Waals surface area contributed by atoms with Gasteiger partial charge < -0.3 is 4.90 Å². The second-order valence-corrected chi connectivity index (χ2v) is 5.33. The molecule has 1 aliphatic rings. The summed E-state index contributed by atoms with van der Waals surface area (Å²) < 4.78 is 2.28. The third-order valence-electron chi connectivity index (χ3n) is 2.30. The van der Waals surface area contributed by atoms with Gasteiger partial charge in [-0.3, -0.25) is 4.79 Å². The summed E-state index contributed by atoms with van der Waals surface area (Å²) in [7, 11) is 0. The molecule has 0 bridgehead atoms. The van der Waals surface area contributed by atoms with E-state index in [-0.39, 0.29) is 0 Å². The van der Waals surface area contributed by atoms with Crippen molar-refractivity contribution in [1.82, 2.24) is 0 Å². The monoisotopic (exact) mass is 365 g/mol. The van der Waals surface area contributed by atoms with Gasteiger partial charge in [0.2, 0.25) is 0 Å². The number of ketones is 1. The van der Waals surface area contributed by atoms with Gasteiger partial charge in [-0.1, -0.05) is 0 Å². The van der Waals surface area contributed by atoms with E-state index >= 15 is 0 Å². The Balaban J connectivity index is 2.24. The van der Waals surface area contributed by atoms with E-state index < -0.39 is 0 Å². The number of carbonyl (C=O) groups excluding carboxylic acids is 1. The molecule has 1 fully saturated rings. The third kappa shape index (κ3) is 2.11. The number of hydrogen-bond donors (Lipinski definition) is 0. The molecule has 0 unspecified atom stereocenters. The van der Waals surface area contributed by atoms with Crippen molar-refractivity contribution in [2.45, 2.75) is 6.42 Å². The van der Waals surface area contributed by atoms with Crippen LogP contribution in [0.15, 0.2) is 22.7 Å². The van der Waals surface area contributed by atoms with E-state index in [1.54, 1.807) is 0 Å². The zero-order valence-electron chi connectivity index (χ0n) is 7.46. The minimum absolute atomic E-state index is 0.336. The lowest BCUT2D eigenvalue weighted by atomic mass is 10.3. The first-order valence-corrected chi connectivity index (χ1v) is 6.26. The van der Waals surface area contributed by atoms with Gasteiger partial charge in [-0.05, 0) is 56.7 Å². The molecule has 1 saturated heterocycles. The summed E-state index contributed by atoms with van der Waals surface area (Å²) in [6, 6.07) is 6.17. The van der Waals surface area contributed by atoms with E-state index in [2.05, 4.69) is 49.5 Å². The van der Waals surface area contributed by atoms with Crippen molar-refractivity contribution in [2.75, 3.05) is 18.0 Å². The van der Waals surface area contributed by atoms with Gasteiger partial charge in [0.25, 0.3) is 0 Å². The second-order valence-electron chi connectivity index (χ2n) is 3.31. The Morgan fingerprint density at radius 2 is 2.21 bits per heavy atom. The molecule has 2 nitrogen and oxygen atoms in total. The Kier molecular flexibility index (Phi) is 3.11. The van der Waals surface area contributed by atoms with Gasteiger partial charge in [-0.15, -0.1) is 0 Å². The average Bonchev–Trinajstić information content (AvgIpc) is 2.57. The lowest BCUT2D eigenvalue weighted by molar-refractivity contribution is -0.116. The third-order valence-corrected chi connectivity index (χ3v) is 4.62. The van der Waals surface area contributed by atoms with Crippen molar-refractivity contribution in [1.29, 1.82) is 0 Å². The Hall–Kier alpha value is -0.100. The maximum absolute atomic E-state index is 11.1. The Labute approximate surface area is 105 Å². The summed E-state index contributed by atoms with van der Waals surface area (Å²) >= 11 is 5.74. The molecule has 0 aromatic heterocycles. The Morgan fingerprint density at radius 3 is 2.79 bits per heavy atom. The molecular weight excluding hydrogens is 357 g/mol. The molecule has 0 aliphatic carbocycles. The highest BCUT2D eigenvalue weighted by atomic mass is 127. The molecular formula is C10H9BrINO. The molecule has 1 aliphatic heterocycles. The average molecular weight is 366 g/mol. The standard InChI is InChI=1S/C10H9BrINO/c11-9-2-1-7(5-10(9)12)13-4-3-8(14)6-13/h1-2,5H,3-4,6H2. The van der Waals surface area contributed by atoms with Crippen LogP contribution in [-0.2, 0) is 4.79 Å². The van der Waals surface area contributed by atoms with Crippen molar-refractivity contribution < 1.29 is 4.79 Å². The molecule has 74 valence electrons. The first-order chi connectivity index (χ1) is 6.66. The molecule has 4 heteroatoms. The smallest absolute Gasteiger partial charge is 0.153 e. The number of Topliss-reactive ketones (excluding diaryl/α,β-unsaturated/α-hetero) is 1. The van der Waals surface area contributed by atoms with Gasteiger partial charge in [0.05, 0.1) is 6.54 Å². The molecule has 0 radical (unpaired) electrons. The van der Waals surface area contributed by atoms with Crippen molar-refractivity contribution in [3.05, 3.63) is 26.2 Å². The van der Waals surface area contributed by atoms with Crippen LogP contribution in [0.5, 0.6) is 0 Å². The summed E-state index contributed by atoms with van der Waals surface area (Å²) in [5, 5.41) is 0.